The predicted molar refractivity (Wildman–Crippen MR) is 85.6 cm³/mol. The first-order chi connectivity index (χ1) is 9.95. The minimum atomic E-state index is 0.0343. The molecule has 4 nitrogen and oxygen atoms in total. The Hall–Kier alpha value is -1.81. The third-order valence-electron chi connectivity index (χ3n) is 3.19. The summed E-state index contributed by atoms with van der Waals surface area (Å²) in [5.74, 6) is 0.928. The summed E-state index contributed by atoms with van der Waals surface area (Å²) >= 11 is 0. The monoisotopic (exact) mass is 287 g/mol. The van der Waals surface area contributed by atoms with Gasteiger partial charge in [0.2, 0.25) is 0 Å². The molecular weight excluding hydrogens is 262 g/mol. The van der Waals surface area contributed by atoms with E-state index in [9.17, 15) is 0 Å². The van der Waals surface area contributed by atoms with Crippen LogP contribution in [-0.4, -0.2) is 22.9 Å². The van der Waals surface area contributed by atoms with E-state index < -0.39 is 0 Å². The summed E-state index contributed by atoms with van der Waals surface area (Å²) in [6, 6.07) is 8.12. The first kappa shape index (κ1) is 15.6. The summed E-state index contributed by atoms with van der Waals surface area (Å²) in [5, 5.41) is 7.76. The Morgan fingerprint density at radius 3 is 2.76 bits per heavy atom. The van der Waals surface area contributed by atoms with Crippen LogP contribution in [0.15, 0.2) is 36.7 Å². The third kappa shape index (κ3) is 4.90. The first-order valence-corrected chi connectivity index (χ1v) is 7.39. The Morgan fingerprint density at radius 1 is 1.29 bits per heavy atom. The summed E-state index contributed by atoms with van der Waals surface area (Å²) in [5.41, 5.74) is 2.45. The molecule has 0 unspecified atom stereocenters. The van der Waals surface area contributed by atoms with E-state index >= 15 is 0 Å². The second kappa shape index (κ2) is 6.76. The zero-order chi connectivity index (χ0) is 15.3. The molecule has 1 heterocycles. The second-order valence-corrected chi connectivity index (χ2v) is 6.31. The highest BCUT2D eigenvalue weighted by Gasteiger charge is 2.13. The SMILES string of the molecule is Cc1cccc(OCCNCc2cnn(C(C)(C)C)c2)c1. The standard InChI is InChI=1S/C17H25N3O/c1-14-6-5-7-16(10-14)21-9-8-18-11-15-12-19-20(13-15)17(2,3)4/h5-7,10,12-13,18H,8-9,11H2,1-4H3. The molecule has 0 radical (unpaired) electrons. The minimum Gasteiger partial charge on any atom is -0.492 e. The third-order valence-corrected chi connectivity index (χ3v) is 3.19. The zero-order valence-corrected chi connectivity index (χ0v) is 13.4. The molecule has 0 aliphatic heterocycles. The van der Waals surface area contributed by atoms with E-state index in [0.29, 0.717) is 6.61 Å². The fraction of sp³-hybridized carbons (Fsp3) is 0.471. The van der Waals surface area contributed by atoms with Gasteiger partial charge < -0.3 is 10.1 Å². The van der Waals surface area contributed by atoms with Crippen molar-refractivity contribution in [2.75, 3.05) is 13.2 Å². The second-order valence-electron chi connectivity index (χ2n) is 6.31. The molecule has 0 aliphatic rings. The lowest BCUT2D eigenvalue weighted by molar-refractivity contribution is 0.313. The smallest absolute Gasteiger partial charge is 0.119 e. The van der Waals surface area contributed by atoms with Crippen LogP contribution in [0.2, 0.25) is 0 Å². The molecular formula is C17H25N3O. The zero-order valence-electron chi connectivity index (χ0n) is 13.4. The van der Waals surface area contributed by atoms with E-state index in [4.69, 9.17) is 4.74 Å². The van der Waals surface area contributed by atoms with E-state index in [1.807, 2.05) is 29.1 Å². The summed E-state index contributed by atoms with van der Waals surface area (Å²) in [6.07, 6.45) is 4.01. The number of hydrogen-bond acceptors (Lipinski definition) is 3. The molecule has 0 atom stereocenters. The fourth-order valence-corrected chi connectivity index (χ4v) is 2.00. The van der Waals surface area contributed by atoms with E-state index in [1.165, 1.54) is 11.1 Å². The van der Waals surface area contributed by atoms with E-state index in [2.05, 4.69) is 50.4 Å². The maximum Gasteiger partial charge on any atom is 0.119 e. The molecule has 4 heteroatoms. The van der Waals surface area contributed by atoms with Gasteiger partial charge in [0.15, 0.2) is 0 Å². The van der Waals surface area contributed by atoms with Crippen LogP contribution in [0.4, 0.5) is 0 Å². The summed E-state index contributed by atoms with van der Waals surface area (Å²) in [7, 11) is 0. The molecule has 0 saturated heterocycles. The van der Waals surface area contributed by atoms with Gasteiger partial charge in [-0.2, -0.15) is 5.10 Å². The van der Waals surface area contributed by atoms with Crippen LogP contribution in [0.1, 0.15) is 31.9 Å². The van der Waals surface area contributed by atoms with Gasteiger partial charge in [-0.15, -0.1) is 0 Å². The van der Waals surface area contributed by atoms with Gasteiger partial charge >= 0.3 is 0 Å². The van der Waals surface area contributed by atoms with Crippen LogP contribution in [0.5, 0.6) is 5.75 Å². The molecule has 0 amide bonds. The van der Waals surface area contributed by atoms with Gasteiger partial charge in [0.05, 0.1) is 11.7 Å². The van der Waals surface area contributed by atoms with Gasteiger partial charge in [-0.1, -0.05) is 12.1 Å². The van der Waals surface area contributed by atoms with Crippen molar-refractivity contribution in [3.63, 3.8) is 0 Å². The van der Waals surface area contributed by atoms with Crippen molar-refractivity contribution in [2.45, 2.75) is 39.8 Å². The maximum atomic E-state index is 5.70. The molecule has 114 valence electrons. The van der Waals surface area contributed by atoms with Gasteiger partial charge in [0, 0.05) is 24.8 Å². The summed E-state index contributed by atoms with van der Waals surface area (Å²) in [6.45, 7) is 10.8. The van der Waals surface area contributed by atoms with Crippen molar-refractivity contribution < 1.29 is 4.74 Å². The van der Waals surface area contributed by atoms with Gasteiger partial charge in [0.1, 0.15) is 12.4 Å². The highest BCUT2D eigenvalue weighted by atomic mass is 16.5. The minimum absolute atomic E-state index is 0.0343. The van der Waals surface area contributed by atoms with E-state index in [1.54, 1.807) is 0 Å². The Kier molecular flexibility index (Phi) is 5.02. The Labute approximate surface area is 127 Å². The largest absolute Gasteiger partial charge is 0.492 e. The van der Waals surface area contributed by atoms with Crippen LogP contribution in [-0.2, 0) is 12.1 Å². The van der Waals surface area contributed by atoms with Crippen LogP contribution in [0.3, 0.4) is 0 Å². The van der Waals surface area contributed by atoms with Gasteiger partial charge in [-0.05, 0) is 45.4 Å². The van der Waals surface area contributed by atoms with Crippen LogP contribution in [0.25, 0.3) is 0 Å². The average Bonchev–Trinajstić information content (AvgIpc) is 2.87. The molecule has 2 aromatic rings. The van der Waals surface area contributed by atoms with Crippen molar-refractivity contribution >= 4 is 0 Å². The summed E-state index contributed by atoms with van der Waals surface area (Å²) in [4.78, 5) is 0. The number of nitrogens with one attached hydrogen (secondary N) is 1. The number of ether oxygens (including phenoxy) is 1. The normalized spacial score (nSPS) is 11.6. The van der Waals surface area contributed by atoms with E-state index in [-0.39, 0.29) is 5.54 Å². The van der Waals surface area contributed by atoms with Gasteiger partial charge in [-0.25, -0.2) is 0 Å². The first-order valence-electron chi connectivity index (χ1n) is 7.39. The molecule has 0 aliphatic carbocycles. The quantitative estimate of drug-likeness (QED) is 0.830. The Balaban J connectivity index is 1.69. The van der Waals surface area contributed by atoms with Crippen molar-refractivity contribution in [3.8, 4) is 5.75 Å². The van der Waals surface area contributed by atoms with Crippen molar-refractivity contribution in [3.05, 3.63) is 47.8 Å². The maximum absolute atomic E-state index is 5.70. The lowest BCUT2D eigenvalue weighted by Crippen LogP contribution is -2.22. The number of hydrogen-bond donors (Lipinski definition) is 1. The molecule has 0 fully saturated rings. The topological polar surface area (TPSA) is 39.1 Å². The van der Waals surface area contributed by atoms with Crippen molar-refractivity contribution in [1.29, 1.82) is 0 Å². The Morgan fingerprint density at radius 2 is 2.10 bits per heavy atom. The fourth-order valence-electron chi connectivity index (χ4n) is 2.00. The summed E-state index contributed by atoms with van der Waals surface area (Å²) < 4.78 is 7.69. The molecule has 1 aromatic carbocycles. The van der Waals surface area contributed by atoms with Crippen molar-refractivity contribution in [2.24, 2.45) is 0 Å². The number of benzene rings is 1. The molecule has 1 N–H and O–H groups in total. The van der Waals surface area contributed by atoms with Crippen LogP contribution < -0.4 is 10.1 Å². The molecule has 2 rings (SSSR count). The van der Waals surface area contributed by atoms with Gasteiger partial charge in [0.25, 0.3) is 0 Å². The number of aromatic nitrogens is 2. The van der Waals surface area contributed by atoms with Gasteiger partial charge in [-0.3, -0.25) is 4.68 Å². The van der Waals surface area contributed by atoms with Crippen LogP contribution in [0, 0.1) is 6.92 Å². The lowest BCUT2D eigenvalue weighted by atomic mass is 10.1. The molecule has 21 heavy (non-hydrogen) atoms. The highest BCUT2D eigenvalue weighted by molar-refractivity contribution is 5.27. The highest BCUT2D eigenvalue weighted by Crippen LogP contribution is 2.13. The Bertz CT molecular complexity index is 569. The molecule has 0 bridgehead atoms. The lowest BCUT2D eigenvalue weighted by Gasteiger charge is -2.18. The predicted octanol–water partition coefficient (Wildman–Crippen LogP) is 3.12. The molecule has 0 saturated carbocycles. The van der Waals surface area contributed by atoms with Crippen LogP contribution >= 0.6 is 0 Å². The number of aryl methyl sites for hydroxylation is 1. The number of nitrogens with zero attached hydrogens (tertiary/aromatic N) is 2. The van der Waals surface area contributed by atoms with Crippen molar-refractivity contribution in [1.82, 2.24) is 15.1 Å². The molecule has 0 spiro atoms. The molecule has 1 aromatic heterocycles. The van der Waals surface area contributed by atoms with E-state index in [0.717, 1.165) is 18.8 Å². The number of rotatable bonds is 6. The average molecular weight is 287 g/mol.